The van der Waals surface area contributed by atoms with Gasteiger partial charge in [0.15, 0.2) is 0 Å². The Labute approximate surface area is 217 Å². The Morgan fingerprint density at radius 2 is 1.59 bits per heavy atom. The van der Waals surface area contributed by atoms with Crippen LogP contribution in [0.4, 0.5) is 0 Å². The third-order valence-electron chi connectivity index (χ3n) is 7.39. The molecule has 2 amide bonds. The molecular weight excluding hydrogens is 464 g/mol. The molecule has 0 saturated heterocycles. The smallest absolute Gasteiger partial charge is 0.261 e. The number of carbonyl (C=O) groups excluding carboxylic acids is 2. The minimum Gasteiger partial charge on any atom is -0.308 e. The summed E-state index contributed by atoms with van der Waals surface area (Å²) >= 11 is 0. The van der Waals surface area contributed by atoms with Crippen LogP contribution in [0.5, 0.6) is 0 Å². The number of aryl methyl sites for hydroxylation is 1. The van der Waals surface area contributed by atoms with Crippen LogP contribution < -0.4 is 10.9 Å². The van der Waals surface area contributed by atoms with Crippen molar-refractivity contribution in [3.05, 3.63) is 98.7 Å². The van der Waals surface area contributed by atoms with Crippen LogP contribution in [0.25, 0.3) is 0 Å². The van der Waals surface area contributed by atoms with Crippen LogP contribution in [-0.4, -0.2) is 39.4 Å². The van der Waals surface area contributed by atoms with Crippen molar-refractivity contribution in [1.29, 1.82) is 0 Å². The van der Waals surface area contributed by atoms with Gasteiger partial charge in [0, 0.05) is 31.5 Å². The average Bonchev–Trinajstić information content (AvgIpc) is 3.15. The minimum absolute atomic E-state index is 0.0713. The number of nitrogens with one attached hydrogen (secondary N) is 1. The van der Waals surface area contributed by atoms with Crippen LogP contribution in [0.3, 0.4) is 0 Å². The maximum absolute atomic E-state index is 13.7. The molecule has 0 fully saturated rings. The molecule has 1 atom stereocenters. The zero-order chi connectivity index (χ0) is 25.9. The summed E-state index contributed by atoms with van der Waals surface area (Å²) in [5, 5.41) is 3.61. The molecule has 0 spiro atoms. The van der Waals surface area contributed by atoms with Gasteiger partial charge in [-0.05, 0) is 49.4 Å². The molecule has 37 heavy (non-hydrogen) atoms. The highest BCUT2D eigenvalue weighted by Gasteiger charge is 2.34. The van der Waals surface area contributed by atoms with E-state index in [0.29, 0.717) is 37.1 Å². The van der Waals surface area contributed by atoms with E-state index in [-0.39, 0.29) is 29.3 Å². The van der Waals surface area contributed by atoms with Crippen molar-refractivity contribution in [2.24, 2.45) is 5.92 Å². The zero-order valence-corrected chi connectivity index (χ0v) is 21.6. The van der Waals surface area contributed by atoms with Crippen molar-refractivity contribution < 1.29 is 9.59 Å². The first kappa shape index (κ1) is 25.1. The van der Waals surface area contributed by atoms with Crippen molar-refractivity contribution in [1.82, 2.24) is 19.8 Å². The van der Waals surface area contributed by atoms with Gasteiger partial charge in [0.25, 0.3) is 17.4 Å². The van der Waals surface area contributed by atoms with E-state index in [1.165, 1.54) is 4.90 Å². The minimum atomic E-state index is -0.226. The summed E-state index contributed by atoms with van der Waals surface area (Å²) in [4.78, 5) is 45.5. The fourth-order valence-electron chi connectivity index (χ4n) is 5.44. The largest absolute Gasteiger partial charge is 0.308 e. The number of benzene rings is 2. The number of rotatable bonds is 9. The van der Waals surface area contributed by atoms with Crippen molar-refractivity contribution in [3.8, 4) is 0 Å². The monoisotopic (exact) mass is 498 g/mol. The number of aromatic nitrogens is 2. The van der Waals surface area contributed by atoms with E-state index in [1.54, 1.807) is 24.3 Å². The number of nitrogens with zero attached hydrogens (tertiary/aromatic N) is 3. The Balaban J connectivity index is 1.35. The topological polar surface area (TPSA) is 84.3 Å². The molecule has 2 aliphatic heterocycles. The number of hydrogen-bond donors (Lipinski definition) is 1. The second kappa shape index (κ2) is 10.8. The Hall–Kier alpha value is -3.58. The van der Waals surface area contributed by atoms with Crippen molar-refractivity contribution in [2.45, 2.75) is 58.5 Å². The molecule has 1 aromatic heterocycles. The van der Waals surface area contributed by atoms with Crippen molar-refractivity contribution in [2.75, 3.05) is 13.1 Å². The van der Waals surface area contributed by atoms with Gasteiger partial charge in [0.1, 0.15) is 5.82 Å². The van der Waals surface area contributed by atoms with Crippen LogP contribution in [0, 0.1) is 5.92 Å². The molecule has 3 heterocycles. The molecule has 7 nitrogen and oxygen atoms in total. The normalized spacial score (nSPS) is 15.7. The van der Waals surface area contributed by atoms with Gasteiger partial charge in [-0.3, -0.25) is 23.9 Å². The predicted molar refractivity (Wildman–Crippen MR) is 143 cm³/mol. The first-order chi connectivity index (χ1) is 18.0. The van der Waals surface area contributed by atoms with Gasteiger partial charge < -0.3 is 5.32 Å². The molecule has 5 rings (SSSR count). The first-order valence-corrected chi connectivity index (χ1v) is 13.3. The summed E-state index contributed by atoms with van der Waals surface area (Å²) in [7, 11) is 0. The summed E-state index contributed by atoms with van der Waals surface area (Å²) in [5.74, 6) is 0.625. The van der Waals surface area contributed by atoms with E-state index in [9.17, 15) is 14.4 Å². The SMILES string of the molecule is CC(C)C(NCCCN1C(=O)c2ccccc2C1=O)c1nc2n(c(=O)c1Cc1ccccc1)CCCC2. The van der Waals surface area contributed by atoms with Gasteiger partial charge in [0.05, 0.1) is 22.9 Å². The summed E-state index contributed by atoms with van der Waals surface area (Å²) < 4.78 is 1.87. The molecule has 1 N–H and O–H groups in total. The number of imide groups is 1. The van der Waals surface area contributed by atoms with Gasteiger partial charge in [0.2, 0.25) is 0 Å². The van der Waals surface area contributed by atoms with Gasteiger partial charge in [-0.25, -0.2) is 4.98 Å². The summed E-state index contributed by atoms with van der Waals surface area (Å²) in [6.45, 7) is 5.94. The fourth-order valence-corrected chi connectivity index (χ4v) is 5.44. The van der Waals surface area contributed by atoms with Crippen LogP contribution in [0.1, 0.15) is 82.5 Å². The van der Waals surface area contributed by atoms with Crippen molar-refractivity contribution >= 4 is 11.8 Å². The Bertz CT molecular complexity index is 1330. The van der Waals surface area contributed by atoms with Crippen molar-refractivity contribution in [3.63, 3.8) is 0 Å². The Morgan fingerprint density at radius 1 is 0.919 bits per heavy atom. The molecular formula is C30H34N4O3. The number of amides is 2. The van der Waals surface area contributed by atoms with Gasteiger partial charge in [-0.15, -0.1) is 0 Å². The fraction of sp³-hybridized carbons (Fsp3) is 0.400. The summed E-state index contributed by atoms with van der Waals surface area (Å²) in [6, 6.07) is 16.9. The van der Waals surface area contributed by atoms with Crippen LogP contribution in [0.2, 0.25) is 0 Å². The standard InChI is InChI=1S/C30H34N4O3/c1-20(2)26(31-16-10-18-34-28(35)22-13-6-7-14-23(22)29(34)36)27-24(19-21-11-4-3-5-12-21)30(37)33-17-9-8-15-25(33)32-27/h3-7,11-14,20,26,31H,8-10,15-19H2,1-2H3. The van der Waals surface area contributed by atoms with E-state index < -0.39 is 0 Å². The lowest BCUT2D eigenvalue weighted by atomic mass is 9.93. The molecule has 3 aromatic rings. The van der Waals surface area contributed by atoms with Gasteiger partial charge in [-0.1, -0.05) is 56.3 Å². The highest BCUT2D eigenvalue weighted by molar-refractivity contribution is 6.21. The van der Waals surface area contributed by atoms with Crippen LogP contribution in [-0.2, 0) is 19.4 Å². The third kappa shape index (κ3) is 5.01. The molecule has 7 heteroatoms. The summed E-state index contributed by atoms with van der Waals surface area (Å²) in [5.41, 5.74) is 3.70. The zero-order valence-electron chi connectivity index (χ0n) is 21.6. The van der Waals surface area contributed by atoms with E-state index in [0.717, 1.165) is 48.5 Å². The maximum Gasteiger partial charge on any atom is 0.261 e. The quantitative estimate of drug-likeness (QED) is 0.354. The molecule has 0 radical (unpaired) electrons. The lowest BCUT2D eigenvalue weighted by Crippen LogP contribution is -2.38. The lowest BCUT2D eigenvalue weighted by Gasteiger charge is -2.27. The Morgan fingerprint density at radius 3 is 2.27 bits per heavy atom. The highest BCUT2D eigenvalue weighted by Crippen LogP contribution is 2.26. The third-order valence-corrected chi connectivity index (χ3v) is 7.39. The maximum atomic E-state index is 13.7. The average molecular weight is 499 g/mol. The Kier molecular flexibility index (Phi) is 7.33. The first-order valence-electron chi connectivity index (χ1n) is 13.3. The molecule has 2 aromatic carbocycles. The van der Waals surface area contributed by atoms with E-state index in [1.807, 2.05) is 34.9 Å². The summed E-state index contributed by atoms with van der Waals surface area (Å²) in [6.07, 6.45) is 4.03. The second-order valence-corrected chi connectivity index (χ2v) is 10.3. The molecule has 1 unspecified atom stereocenters. The predicted octanol–water partition coefficient (Wildman–Crippen LogP) is 4.14. The van der Waals surface area contributed by atoms with E-state index >= 15 is 0 Å². The molecule has 0 saturated carbocycles. The second-order valence-electron chi connectivity index (χ2n) is 10.3. The van der Waals surface area contributed by atoms with Crippen LogP contribution >= 0.6 is 0 Å². The lowest BCUT2D eigenvalue weighted by molar-refractivity contribution is 0.0652. The van der Waals surface area contributed by atoms with Crippen LogP contribution in [0.15, 0.2) is 59.4 Å². The van der Waals surface area contributed by atoms with Gasteiger partial charge in [-0.2, -0.15) is 0 Å². The molecule has 0 bridgehead atoms. The molecule has 2 aliphatic rings. The molecule has 192 valence electrons. The number of carbonyl (C=O) groups is 2. The molecule has 0 aliphatic carbocycles. The van der Waals surface area contributed by atoms with E-state index in [2.05, 4.69) is 19.2 Å². The number of hydrogen-bond acceptors (Lipinski definition) is 5. The number of fused-ring (bicyclic) bond motifs is 2. The van der Waals surface area contributed by atoms with E-state index in [4.69, 9.17) is 4.98 Å². The van der Waals surface area contributed by atoms with Gasteiger partial charge >= 0.3 is 0 Å². The highest BCUT2D eigenvalue weighted by atomic mass is 16.2.